The zero-order valence-corrected chi connectivity index (χ0v) is 13.9. The van der Waals surface area contributed by atoms with Gasteiger partial charge in [-0.15, -0.1) is 0 Å². The predicted octanol–water partition coefficient (Wildman–Crippen LogP) is 3.53. The Kier molecular flexibility index (Phi) is 5.47. The molecule has 5 nitrogen and oxygen atoms in total. The van der Waals surface area contributed by atoms with Crippen molar-refractivity contribution in [3.8, 4) is 0 Å². The van der Waals surface area contributed by atoms with Crippen LogP contribution < -0.4 is 10.6 Å². The molecule has 1 atom stereocenters. The smallest absolute Gasteiger partial charge is 0.246 e. The third-order valence-corrected chi connectivity index (χ3v) is 3.61. The highest BCUT2D eigenvalue weighted by atomic mass is 16.2. The van der Waals surface area contributed by atoms with Crippen molar-refractivity contribution >= 4 is 28.8 Å². The van der Waals surface area contributed by atoms with Crippen LogP contribution in [0.3, 0.4) is 0 Å². The maximum Gasteiger partial charge on any atom is 0.246 e. The summed E-state index contributed by atoms with van der Waals surface area (Å²) < 4.78 is 0. The summed E-state index contributed by atoms with van der Waals surface area (Å²) >= 11 is 0. The number of benzene rings is 2. The summed E-state index contributed by atoms with van der Waals surface area (Å²) in [5.41, 5.74) is 2.22. The first kappa shape index (κ1) is 17.4. The second-order valence-corrected chi connectivity index (χ2v) is 5.59. The standard InChI is InChI=1S/C19H20N2O3/c1-12(20-16-8-6-7-15(11-16)13(2)22)19(24)21-18-10-5-4-9-17(18)14(3)23/h4-12,20H,1-3H3,(H,21,24). The van der Waals surface area contributed by atoms with Crippen LogP contribution in [0.5, 0.6) is 0 Å². The molecule has 0 radical (unpaired) electrons. The van der Waals surface area contributed by atoms with Crippen molar-refractivity contribution in [3.63, 3.8) is 0 Å². The van der Waals surface area contributed by atoms with E-state index in [0.717, 1.165) is 0 Å². The summed E-state index contributed by atoms with van der Waals surface area (Å²) in [7, 11) is 0. The molecule has 1 unspecified atom stereocenters. The molecule has 2 aromatic carbocycles. The summed E-state index contributed by atoms with van der Waals surface area (Å²) in [6, 6.07) is 13.3. The van der Waals surface area contributed by atoms with E-state index in [1.54, 1.807) is 55.5 Å². The maximum atomic E-state index is 12.4. The van der Waals surface area contributed by atoms with Crippen molar-refractivity contribution in [3.05, 3.63) is 59.7 Å². The summed E-state index contributed by atoms with van der Waals surface area (Å²) in [5, 5.41) is 5.82. The molecule has 2 N–H and O–H groups in total. The van der Waals surface area contributed by atoms with Crippen molar-refractivity contribution in [2.24, 2.45) is 0 Å². The van der Waals surface area contributed by atoms with Crippen LogP contribution in [0.2, 0.25) is 0 Å². The van der Waals surface area contributed by atoms with Gasteiger partial charge in [-0.2, -0.15) is 0 Å². The first-order valence-electron chi connectivity index (χ1n) is 7.67. The molecule has 2 rings (SSSR count). The number of carbonyl (C=O) groups excluding carboxylic acids is 3. The van der Waals surface area contributed by atoms with Crippen molar-refractivity contribution in [2.45, 2.75) is 26.8 Å². The van der Waals surface area contributed by atoms with E-state index in [-0.39, 0.29) is 17.5 Å². The van der Waals surface area contributed by atoms with Crippen molar-refractivity contribution < 1.29 is 14.4 Å². The van der Waals surface area contributed by atoms with Gasteiger partial charge in [-0.1, -0.05) is 24.3 Å². The van der Waals surface area contributed by atoms with Crippen LogP contribution in [0.25, 0.3) is 0 Å². The fourth-order valence-corrected chi connectivity index (χ4v) is 2.28. The Labute approximate surface area is 141 Å². The van der Waals surface area contributed by atoms with Gasteiger partial charge in [0.2, 0.25) is 5.91 Å². The number of hydrogen-bond donors (Lipinski definition) is 2. The van der Waals surface area contributed by atoms with E-state index >= 15 is 0 Å². The first-order valence-corrected chi connectivity index (χ1v) is 7.67. The third kappa shape index (κ3) is 4.29. The molecule has 0 aromatic heterocycles. The highest BCUT2D eigenvalue weighted by molar-refractivity contribution is 6.05. The highest BCUT2D eigenvalue weighted by Gasteiger charge is 2.16. The largest absolute Gasteiger partial charge is 0.374 e. The number of Topliss-reactive ketones (excluding diaryl/α,β-unsaturated/α-hetero) is 2. The molecule has 0 aliphatic carbocycles. The number of carbonyl (C=O) groups is 3. The molecule has 2 aromatic rings. The number of nitrogens with one attached hydrogen (secondary N) is 2. The number of amides is 1. The highest BCUT2D eigenvalue weighted by Crippen LogP contribution is 2.17. The Morgan fingerprint density at radius 2 is 1.62 bits per heavy atom. The number of hydrogen-bond acceptors (Lipinski definition) is 4. The Hall–Kier alpha value is -2.95. The molecular formula is C19H20N2O3. The molecule has 5 heteroatoms. The fraction of sp³-hybridized carbons (Fsp3) is 0.211. The molecule has 0 heterocycles. The lowest BCUT2D eigenvalue weighted by Crippen LogP contribution is -2.32. The summed E-state index contributed by atoms with van der Waals surface area (Å²) in [6.45, 7) is 4.67. The molecule has 0 fully saturated rings. The van der Waals surface area contributed by atoms with E-state index in [1.165, 1.54) is 13.8 Å². The van der Waals surface area contributed by atoms with Gasteiger partial charge in [0, 0.05) is 16.8 Å². The first-order chi connectivity index (χ1) is 11.4. The lowest BCUT2D eigenvalue weighted by molar-refractivity contribution is -0.116. The minimum atomic E-state index is -0.535. The van der Waals surface area contributed by atoms with Crippen LogP contribution in [-0.2, 0) is 4.79 Å². The molecule has 0 aliphatic heterocycles. The number of ketones is 2. The summed E-state index contributed by atoms with van der Waals surface area (Å²) in [4.78, 5) is 35.4. The summed E-state index contributed by atoms with van der Waals surface area (Å²) in [5.74, 6) is -0.413. The van der Waals surface area contributed by atoms with Crippen LogP contribution in [-0.4, -0.2) is 23.5 Å². The van der Waals surface area contributed by atoms with E-state index in [2.05, 4.69) is 10.6 Å². The van der Waals surface area contributed by atoms with Crippen molar-refractivity contribution in [1.82, 2.24) is 0 Å². The van der Waals surface area contributed by atoms with Crippen molar-refractivity contribution in [2.75, 3.05) is 10.6 Å². The van der Waals surface area contributed by atoms with Gasteiger partial charge < -0.3 is 10.6 Å². The van der Waals surface area contributed by atoms with Gasteiger partial charge in [0.1, 0.15) is 6.04 Å². The molecule has 0 bridgehead atoms. The normalized spacial score (nSPS) is 11.5. The van der Waals surface area contributed by atoms with Gasteiger partial charge >= 0.3 is 0 Å². The monoisotopic (exact) mass is 324 g/mol. The Bertz CT molecular complexity index is 784. The van der Waals surface area contributed by atoms with Crippen molar-refractivity contribution in [1.29, 1.82) is 0 Å². The molecule has 1 amide bonds. The molecule has 124 valence electrons. The topological polar surface area (TPSA) is 75.3 Å². The third-order valence-electron chi connectivity index (χ3n) is 3.61. The minimum absolute atomic E-state index is 0.0360. The molecule has 0 spiro atoms. The average molecular weight is 324 g/mol. The van der Waals surface area contributed by atoms with Crippen LogP contribution in [0.4, 0.5) is 11.4 Å². The molecular weight excluding hydrogens is 304 g/mol. The van der Waals surface area contributed by atoms with Gasteiger partial charge in [-0.05, 0) is 45.0 Å². The minimum Gasteiger partial charge on any atom is -0.374 e. The number of para-hydroxylation sites is 1. The van der Waals surface area contributed by atoms with E-state index in [0.29, 0.717) is 22.5 Å². The van der Waals surface area contributed by atoms with Crippen LogP contribution in [0, 0.1) is 0 Å². The average Bonchev–Trinajstić information content (AvgIpc) is 2.55. The van der Waals surface area contributed by atoms with E-state index in [9.17, 15) is 14.4 Å². The van der Waals surface area contributed by atoms with E-state index < -0.39 is 6.04 Å². The maximum absolute atomic E-state index is 12.4. The second-order valence-electron chi connectivity index (χ2n) is 5.59. The Balaban J connectivity index is 2.09. The van der Waals surface area contributed by atoms with Gasteiger partial charge in [0.05, 0.1) is 5.69 Å². The number of rotatable bonds is 6. The molecule has 0 saturated carbocycles. The SMILES string of the molecule is CC(=O)c1cccc(NC(C)C(=O)Nc2ccccc2C(C)=O)c1. The molecule has 0 saturated heterocycles. The molecule has 24 heavy (non-hydrogen) atoms. The molecule has 0 aliphatic rings. The van der Waals surface area contributed by atoms with E-state index in [1.807, 2.05) is 0 Å². The predicted molar refractivity (Wildman–Crippen MR) is 94.6 cm³/mol. The second kappa shape index (κ2) is 7.55. The van der Waals surface area contributed by atoms with Gasteiger partial charge in [-0.25, -0.2) is 0 Å². The van der Waals surface area contributed by atoms with Gasteiger partial charge in [0.25, 0.3) is 0 Å². The van der Waals surface area contributed by atoms with Gasteiger partial charge in [0.15, 0.2) is 11.6 Å². The Morgan fingerprint density at radius 1 is 0.917 bits per heavy atom. The number of anilines is 2. The zero-order chi connectivity index (χ0) is 17.7. The summed E-state index contributed by atoms with van der Waals surface area (Å²) in [6.07, 6.45) is 0. The lowest BCUT2D eigenvalue weighted by Gasteiger charge is -2.17. The zero-order valence-electron chi connectivity index (χ0n) is 13.9. The van der Waals surface area contributed by atoms with E-state index in [4.69, 9.17) is 0 Å². The van der Waals surface area contributed by atoms with Crippen LogP contribution in [0.1, 0.15) is 41.5 Å². The van der Waals surface area contributed by atoms with Crippen LogP contribution in [0.15, 0.2) is 48.5 Å². The fourth-order valence-electron chi connectivity index (χ4n) is 2.28. The van der Waals surface area contributed by atoms with Gasteiger partial charge in [-0.3, -0.25) is 14.4 Å². The Morgan fingerprint density at radius 3 is 2.29 bits per heavy atom. The lowest BCUT2D eigenvalue weighted by atomic mass is 10.1. The quantitative estimate of drug-likeness (QED) is 0.797. The van der Waals surface area contributed by atoms with Crippen LogP contribution >= 0.6 is 0 Å².